The molecule has 0 fully saturated rings. The molecule has 2 rings (SSSR count). The molecule has 0 bridgehead atoms. The molecule has 3 N–H and O–H groups in total. The van der Waals surface area contributed by atoms with Gasteiger partial charge in [0, 0.05) is 12.2 Å². The molecule has 1 aromatic rings. The maximum absolute atomic E-state index is 5.96. The van der Waals surface area contributed by atoms with Gasteiger partial charge in [-0.2, -0.15) is 0 Å². The van der Waals surface area contributed by atoms with Gasteiger partial charge in [-0.05, 0) is 49.3 Å². The predicted octanol–water partition coefficient (Wildman–Crippen LogP) is 3.48. The lowest BCUT2D eigenvalue weighted by Gasteiger charge is -2.19. The number of benzene rings is 1. The molecule has 1 aromatic carbocycles. The van der Waals surface area contributed by atoms with Crippen molar-refractivity contribution in [1.82, 2.24) is 0 Å². The lowest BCUT2D eigenvalue weighted by Crippen LogP contribution is -2.24. The molecule has 0 aromatic heterocycles. The second-order valence-corrected chi connectivity index (χ2v) is 5.25. The average Bonchev–Trinajstić information content (AvgIpc) is 2.44. The highest BCUT2D eigenvalue weighted by Crippen LogP contribution is 2.27. The third-order valence-corrected chi connectivity index (χ3v) is 3.70. The molecule has 1 aliphatic carbocycles. The first kappa shape index (κ1) is 13.9. The minimum Gasteiger partial charge on any atom is -0.370 e. The van der Waals surface area contributed by atoms with Gasteiger partial charge >= 0.3 is 0 Å². The highest BCUT2D eigenvalue weighted by atomic mass is 15.1. The Labute approximate surface area is 116 Å². The number of unbranched alkanes of at least 4 members (excludes halogenated alkanes) is 2. The van der Waals surface area contributed by atoms with Crippen molar-refractivity contribution in [2.24, 2.45) is 10.7 Å². The van der Waals surface area contributed by atoms with Crippen molar-refractivity contribution in [1.29, 1.82) is 0 Å². The average molecular weight is 259 g/mol. The number of nitrogens with zero attached hydrogens (tertiary/aromatic N) is 1. The van der Waals surface area contributed by atoms with Crippen molar-refractivity contribution in [3.05, 3.63) is 29.3 Å². The van der Waals surface area contributed by atoms with Crippen LogP contribution in [0.4, 0.5) is 5.69 Å². The maximum Gasteiger partial charge on any atom is 0.193 e. The first-order valence-electron chi connectivity index (χ1n) is 7.49. The van der Waals surface area contributed by atoms with Crippen LogP contribution in [-0.4, -0.2) is 12.5 Å². The van der Waals surface area contributed by atoms with Crippen molar-refractivity contribution < 1.29 is 0 Å². The number of anilines is 1. The standard InChI is InChI=1S/C16H25N3/c1-2-3-6-12-18-16(17)19-15-11-7-9-13-8-4-5-10-14(13)15/h7,9,11H,2-6,8,10,12H2,1H3,(H3,17,18,19). The van der Waals surface area contributed by atoms with Crippen LogP contribution in [-0.2, 0) is 12.8 Å². The van der Waals surface area contributed by atoms with Crippen LogP contribution in [0.15, 0.2) is 23.2 Å². The fourth-order valence-corrected chi connectivity index (χ4v) is 2.64. The van der Waals surface area contributed by atoms with Crippen molar-refractivity contribution in [2.75, 3.05) is 11.9 Å². The van der Waals surface area contributed by atoms with Gasteiger partial charge in [0.25, 0.3) is 0 Å². The highest BCUT2D eigenvalue weighted by Gasteiger charge is 2.12. The zero-order chi connectivity index (χ0) is 13.5. The molecule has 3 nitrogen and oxygen atoms in total. The summed E-state index contributed by atoms with van der Waals surface area (Å²) >= 11 is 0. The van der Waals surface area contributed by atoms with Crippen molar-refractivity contribution in [2.45, 2.75) is 51.9 Å². The fraction of sp³-hybridized carbons (Fsp3) is 0.562. The number of hydrogen-bond donors (Lipinski definition) is 2. The van der Waals surface area contributed by atoms with Crippen LogP contribution in [0.3, 0.4) is 0 Å². The van der Waals surface area contributed by atoms with E-state index in [1.54, 1.807) is 0 Å². The van der Waals surface area contributed by atoms with Crippen molar-refractivity contribution >= 4 is 11.6 Å². The quantitative estimate of drug-likeness (QED) is 0.483. The van der Waals surface area contributed by atoms with E-state index in [4.69, 9.17) is 5.73 Å². The molecule has 0 unspecified atom stereocenters. The van der Waals surface area contributed by atoms with E-state index >= 15 is 0 Å². The summed E-state index contributed by atoms with van der Waals surface area (Å²) in [5.41, 5.74) is 10.0. The van der Waals surface area contributed by atoms with E-state index in [2.05, 4.69) is 35.4 Å². The summed E-state index contributed by atoms with van der Waals surface area (Å²) in [4.78, 5) is 4.39. The van der Waals surface area contributed by atoms with Crippen LogP contribution < -0.4 is 11.1 Å². The second-order valence-electron chi connectivity index (χ2n) is 5.25. The minimum atomic E-state index is 0.551. The Balaban J connectivity index is 1.98. The molecule has 0 amide bonds. The van der Waals surface area contributed by atoms with Gasteiger partial charge < -0.3 is 11.1 Å². The third-order valence-electron chi connectivity index (χ3n) is 3.70. The largest absolute Gasteiger partial charge is 0.370 e. The minimum absolute atomic E-state index is 0.551. The first-order chi connectivity index (χ1) is 9.31. The Kier molecular flexibility index (Phi) is 5.25. The van der Waals surface area contributed by atoms with Crippen LogP contribution in [0.1, 0.15) is 50.2 Å². The summed E-state index contributed by atoms with van der Waals surface area (Å²) < 4.78 is 0. The monoisotopic (exact) mass is 259 g/mol. The van der Waals surface area contributed by atoms with Gasteiger partial charge in [-0.1, -0.05) is 31.9 Å². The molecule has 0 aliphatic heterocycles. The molecule has 0 spiro atoms. The van der Waals surface area contributed by atoms with E-state index in [-0.39, 0.29) is 0 Å². The van der Waals surface area contributed by atoms with E-state index in [1.807, 2.05) is 0 Å². The number of nitrogens with two attached hydrogens (primary N) is 1. The Morgan fingerprint density at radius 3 is 2.95 bits per heavy atom. The number of rotatable bonds is 5. The highest BCUT2D eigenvalue weighted by molar-refractivity contribution is 5.93. The van der Waals surface area contributed by atoms with E-state index in [1.165, 1.54) is 43.2 Å². The van der Waals surface area contributed by atoms with Crippen LogP contribution in [0.2, 0.25) is 0 Å². The van der Waals surface area contributed by atoms with E-state index in [9.17, 15) is 0 Å². The Bertz CT molecular complexity index is 438. The first-order valence-corrected chi connectivity index (χ1v) is 7.49. The Morgan fingerprint density at radius 2 is 2.11 bits per heavy atom. The van der Waals surface area contributed by atoms with Crippen molar-refractivity contribution in [3.63, 3.8) is 0 Å². The Morgan fingerprint density at radius 1 is 1.26 bits per heavy atom. The number of guanidine groups is 1. The van der Waals surface area contributed by atoms with Crippen LogP contribution in [0.5, 0.6) is 0 Å². The molecule has 0 heterocycles. The second kappa shape index (κ2) is 7.17. The van der Waals surface area contributed by atoms with Crippen LogP contribution in [0.25, 0.3) is 0 Å². The zero-order valence-electron chi connectivity index (χ0n) is 11.9. The lowest BCUT2D eigenvalue weighted by molar-refractivity contribution is 0.687. The van der Waals surface area contributed by atoms with Gasteiger partial charge in [0.1, 0.15) is 0 Å². The van der Waals surface area contributed by atoms with Gasteiger partial charge in [0.2, 0.25) is 0 Å². The molecule has 0 saturated heterocycles. The molecule has 0 atom stereocenters. The van der Waals surface area contributed by atoms with E-state index < -0.39 is 0 Å². The normalized spacial score (nSPS) is 15.1. The van der Waals surface area contributed by atoms with Gasteiger partial charge in [0.15, 0.2) is 5.96 Å². The number of nitrogens with one attached hydrogen (secondary N) is 1. The topological polar surface area (TPSA) is 50.4 Å². The molecule has 1 aliphatic rings. The molecule has 0 radical (unpaired) electrons. The summed E-state index contributed by atoms with van der Waals surface area (Å²) in [6.45, 7) is 3.02. The van der Waals surface area contributed by atoms with E-state index in [0.717, 1.165) is 25.1 Å². The molecule has 104 valence electrons. The predicted molar refractivity (Wildman–Crippen MR) is 82.7 cm³/mol. The Hall–Kier alpha value is -1.51. The van der Waals surface area contributed by atoms with Gasteiger partial charge in [-0.15, -0.1) is 0 Å². The van der Waals surface area contributed by atoms with Crippen LogP contribution >= 0.6 is 0 Å². The van der Waals surface area contributed by atoms with Gasteiger partial charge in [0.05, 0.1) is 0 Å². The van der Waals surface area contributed by atoms with Gasteiger partial charge in [-0.25, -0.2) is 0 Å². The third kappa shape index (κ3) is 3.98. The fourth-order valence-electron chi connectivity index (χ4n) is 2.64. The summed E-state index contributed by atoms with van der Waals surface area (Å²) in [7, 11) is 0. The number of aliphatic imine (C=N–C) groups is 1. The number of hydrogen-bond acceptors (Lipinski definition) is 1. The molecule has 19 heavy (non-hydrogen) atoms. The molecule has 0 saturated carbocycles. The summed E-state index contributed by atoms with van der Waals surface area (Å²) in [6.07, 6.45) is 8.48. The molecular weight excluding hydrogens is 234 g/mol. The smallest absolute Gasteiger partial charge is 0.193 e. The lowest BCUT2D eigenvalue weighted by atomic mass is 9.90. The summed E-state index contributed by atoms with van der Waals surface area (Å²) in [6, 6.07) is 6.45. The van der Waals surface area contributed by atoms with Crippen LogP contribution in [0, 0.1) is 0 Å². The maximum atomic E-state index is 5.96. The summed E-state index contributed by atoms with van der Waals surface area (Å²) in [5.74, 6) is 0.551. The number of fused-ring (bicyclic) bond motifs is 1. The zero-order valence-corrected chi connectivity index (χ0v) is 11.9. The van der Waals surface area contributed by atoms with E-state index in [0.29, 0.717) is 5.96 Å². The SMILES string of the molecule is CCCCCN=C(N)Nc1cccc2c1CCCC2. The summed E-state index contributed by atoms with van der Waals surface area (Å²) in [5, 5.41) is 3.27. The molecular formula is C16H25N3. The van der Waals surface area contributed by atoms with Gasteiger partial charge in [-0.3, -0.25) is 4.99 Å². The molecule has 3 heteroatoms. The van der Waals surface area contributed by atoms with Crippen molar-refractivity contribution in [3.8, 4) is 0 Å². The number of aryl methyl sites for hydroxylation is 1.